The summed E-state index contributed by atoms with van der Waals surface area (Å²) in [5.74, 6) is -0.322. The van der Waals surface area contributed by atoms with Gasteiger partial charge in [0.2, 0.25) is 0 Å². The molecule has 1 N–H and O–H groups in total. The fourth-order valence-corrected chi connectivity index (χ4v) is 0.769. The predicted molar refractivity (Wildman–Crippen MR) is 37.0 cm³/mol. The lowest BCUT2D eigenvalue weighted by molar-refractivity contribution is 0.0331. The molecule has 2 heteroatoms. The summed E-state index contributed by atoms with van der Waals surface area (Å²) in [6, 6.07) is 0. The van der Waals surface area contributed by atoms with Gasteiger partial charge in [-0.05, 0) is 18.7 Å². The zero-order valence-corrected chi connectivity index (χ0v) is 5.50. The highest BCUT2D eigenvalue weighted by Crippen LogP contribution is 2.24. The lowest BCUT2D eigenvalue weighted by atomic mass is 10.1. The second kappa shape index (κ2) is 3.85. The minimum Gasteiger partial charge on any atom is -0.302 e. The van der Waals surface area contributed by atoms with Crippen molar-refractivity contribution in [2.45, 2.75) is 25.6 Å². The van der Waals surface area contributed by atoms with Gasteiger partial charge >= 0.3 is 0 Å². The van der Waals surface area contributed by atoms with Crippen LogP contribution in [0.15, 0.2) is 0 Å². The van der Waals surface area contributed by atoms with E-state index < -0.39 is 25.6 Å². The Bertz CT molecular complexity index is 157. The van der Waals surface area contributed by atoms with Crippen LogP contribution in [0.25, 0.3) is 0 Å². The van der Waals surface area contributed by atoms with Crippen molar-refractivity contribution in [2.24, 2.45) is 5.92 Å². The summed E-state index contributed by atoms with van der Waals surface area (Å²) in [5.41, 5.74) is 2.48. The Morgan fingerprint density at radius 2 is 2.33 bits per heavy atom. The van der Waals surface area contributed by atoms with E-state index in [2.05, 4.69) is 5.48 Å². The van der Waals surface area contributed by atoms with Gasteiger partial charge in [-0.3, -0.25) is 0 Å². The Hall–Kier alpha value is -0.0800. The minimum atomic E-state index is -0.770. The van der Waals surface area contributed by atoms with Crippen molar-refractivity contribution in [1.82, 2.24) is 5.48 Å². The maximum Gasteiger partial charge on any atom is 0.0710 e. The summed E-state index contributed by atoms with van der Waals surface area (Å²) in [7, 11) is 1.61. The third kappa shape index (κ3) is 2.33. The van der Waals surface area contributed by atoms with Crippen molar-refractivity contribution in [1.29, 1.82) is 0 Å². The van der Waals surface area contributed by atoms with Gasteiger partial charge < -0.3 is 4.84 Å². The van der Waals surface area contributed by atoms with E-state index in [9.17, 15) is 0 Å². The van der Waals surface area contributed by atoms with Crippen LogP contribution in [0.2, 0.25) is 0 Å². The monoisotopic (exact) mass is 133 g/mol. The molecule has 2 nitrogen and oxygen atoms in total. The lowest BCUT2D eigenvalue weighted by Crippen LogP contribution is -2.13. The Balaban J connectivity index is 2.53. The number of hydroxylamine groups is 1. The molecule has 54 valence electrons. The summed E-state index contributed by atoms with van der Waals surface area (Å²) in [4.78, 5) is 4.90. The lowest BCUT2D eigenvalue weighted by Gasteiger charge is -2.06. The molecule has 1 aliphatic carbocycles. The first-order valence-corrected chi connectivity index (χ1v) is 3.07. The molecule has 0 radical (unpaired) electrons. The molecule has 1 fully saturated rings. The van der Waals surface area contributed by atoms with Gasteiger partial charge in [-0.2, -0.15) is 0 Å². The zero-order chi connectivity index (χ0) is 10.0. The number of hydrogen-bond acceptors (Lipinski definition) is 2. The molecule has 0 aromatic heterocycles. The number of hydrogen-bond donors (Lipinski definition) is 1. The Labute approximate surface area is 62.2 Å². The Morgan fingerprint density at radius 3 is 2.89 bits per heavy atom. The molecule has 0 saturated heterocycles. The quantitative estimate of drug-likeness (QED) is 0.586. The number of rotatable bonds is 3. The van der Waals surface area contributed by atoms with Gasteiger partial charge in [-0.1, -0.05) is 12.8 Å². The molecule has 9 heavy (non-hydrogen) atoms. The molecule has 0 bridgehead atoms. The highest BCUT2D eigenvalue weighted by molar-refractivity contribution is 4.65. The Kier molecular flexibility index (Phi) is 1.44. The maximum atomic E-state index is 7.60. The fourth-order valence-electron chi connectivity index (χ4n) is 0.769. The van der Waals surface area contributed by atoms with Gasteiger partial charge in [0.05, 0.1) is 6.61 Å². The van der Waals surface area contributed by atoms with E-state index in [1.807, 2.05) is 0 Å². The van der Waals surface area contributed by atoms with E-state index in [4.69, 9.17) is 10.3 Å². The summed E-state index contributed by atoms with van der Waals surface area (Å²) >= 11 is 0. The molecule has 4 atom stereocenters. The fraction of sp³-hybridized carbons (Fsp3) is 1.00. The van der Waals surface area contributed by atoms with Crippen LogP contribution in [-0.2, 0) is 4.84 Å². The highest BCUT2D eigenvalue weighted by Gasteiger charge is 2.14. The topological polar surface area (TPSA) is 21.3 Å². The first-order chi connectivity index (χ1) is 6.09. The second-order valence-corrected chi connectivity index (χ2v) is 1.95. The van der Waals surface area contributed by atoms with Crippen LogP contribution in [-0.4, -0.2) is 13.7 Å². The Morgan fingerprint density at radius 1 is 1.67 bits per heavy atom. The molecule has 0 heterocycles. The van der Waals surface area contributed by atoms with Crippen molar-refractivity contribution in [3.8, 4) is 0 Å². The largest absolute Gasteiger partial charge is 0.302 e. The molecule has 0 spiro atoms. The van der Waals surface area contributed by atoms with Crippen LogP contribution in [0, 0.1) is 5.92 Å². The highest BCUT2D eigenvalue weighted by atomic mass is 16.6. The molecule has 1 aliphatic rings. The molecule has 1 rings (SSSR count). The van der Waals surface area contributed by atoms with E-state index >= 15 is 0 Å². The van der Waals surface area contributed by atoms with E-state index in [0.29, 0.717) is 0 Å². The molecule has 1 saturated carbocycles. The van der Waals surface area contributed by atoms with E-state index in [1.54, 1.807) is 7.05 Å². The first kappa shape index (κ1) is 3.35. The van der Waals surface area contributed by atoms with Gasteiger partial charge in [0.1, 0.15) is 0 Å². The first-order valence-electron chi connectivity index (χ1n) is 5.38. The zero-order valence-electron chi connectivity index (χ0n) is 9.50. The van der Waals surface area contributed by atoms with E-state index in [0.717, 1.165) is 0 Å². The van der Waals surface area contributed by atoms with Crippen LogP contribution in [0.5, 0.6) is 0 Å². The molecule has 0 aliphatic heterocycles. The van der Waals surface area contributed by atoms with Gasteiger partial charge in [0, 0.05) is 12.5 Å². The van der Waals surface area contributed by atoms with Gasteiger partial charge in [-0.25, -0.2) is 5.48 Å². The normalized spacial score (nSPS) is 66.1. The average Bonchev–Trinajstić information content (AvgIpc) is 2.30. The van der Waals surface area contributed by atoms with Crippen molar-refractivity contribution in [2.75, 3.05) is 13.7 Å². The van der Waals surface area contributed by atoms with Crippen molar-refractivity contribution in [3.63, 3.8) is 0 Å². The van der Waals surface area contributed by atoms with E-state index in [-0.39, 0.29) is 12.5 Å². The summed E-state index contributed by atoms with van der Waals surface area (Å²) in [6.45, 7) is 0.240. The predicted octanol–water partition coefficient (Wildman–Crippen LogP) is 1.33. The molecule has 0 aromatic rings. The summed E-state index contributed by atoms with van der Waals surface area (Å²) in [6.07, 6.45) is -2.88. The van der Waals surface area contributed by atoms with Crippen molar-refractivity contribution < 1.29 is 10.3 Å². The van der Waals surface area contributed by atoms with Crippen LogP contribution >= 0.6 is 0 Å². The molecule has 0 amide bonds. The van der Waals surface area contributed by atoms with Crippen LogP contribution in [0.1, 0.15) is 31.1 Å². The SMILES string of the molecule is [2H]C1C([2H])C([2H])C(CONC)C1[2H]. The minimum absolute atomic E-state index is 0.240. The third-order valence-corrected chi connectivity index (χ3v) is 1.25. The van der Waals surface area contributed by atoms with Gasteiger partial charge in [0.25, 0.3) is 0 Å². The number of nitrogens with one attached hydrogen (secondary N) is 1. The summed E-state index contributed by atoms with van der Waals surface area (Å²) < 4.78 is 30.1. The smallest absolute Gasteiger partial charge is 0.0710 e. The van der Waals surface area contributed by atoms with Crippen LogP contribution in [0.4, 0.5) is 0 Å². The third-order valence-electron chi connectivity index (χ3n) is 1.25. The molecular formula is C7H15NO. The van der Waals surface area contributed by atoms with E-state index in [1.165, 1.54) is 0 Å². The van der Waals surface area contributed by atoms with Gasteiger partial charge in [-0.15, -0.1) is 0 Å². The van der Waals surface area contributed by atoms with Crippen molar-refractivity contribution in [3.05, 3.63) is 0 Å². The summed E-state index contributed by atoms with van der Waals surface area (Å²) in [5, 5.41) is 0. The second-order valence-electron chi connectivity index (χ2n) is 1.95. The van der Waals surface area contributed by atoms with Crippen LogP contribution < -0.4 is 5.48 Å². The van der Waals surface area contributed by atoms with Crippen LogP contribution in [0.3, 0.4) is 0 Å². The molecule has 0 aromatic carbocycles. The average molecular weight is 133 g/mol. The molecule has 4 unspecified atom stereocenters. The maximum absolute atomic E-state index is 7.60. The molecular weight excluding hydrogens is 114 g/mol. The van der Waals surface area contributed by atoms with Gasteiger partial charge in [0.15, 0.2) is 0 Å². The van der Waals surface area contributed by atoms with Crippen molar-refractivity contribution >= 4 is 0 Å². The standard InChI is InChI=1S/C7H15NO/c1-8-9-6-7-4-2-3-5-7/h7-8H,2-6H2,1H3/i2D,3D,4D,5D.